The van der Waals surface area contributed by atoms with Gasteiger partial charge in [0.05, 0.1) is 17.6 Å². The van der Waals surface area contributed by atoms with Crippen molar-refractivity contribution in [2.75, 3.05) is 12.3 Å². The minimum Gasteiger partial charge on any atom is -0.397 e. The summed E-state index contributed by atoms with van der Waals surface area (Å²) in [4.78, 5) is 25.2. The van der Waals surface area contributed by atoms with Crippen LogP contribution < -0.4 is 11.5 Å². The van der Waals surface area contributed by atoms with Crippen LogP contribution >= 0.6 is 11.3 Å². The highest BCUT2D eigenvalue weighted by Gasteiger charge is 2.26. The van der Waals surface area contributed by atoms with Crippen LogP contribution in [0.3, 0.4) is 0 Å². The van der Waals surface area contributed by atoms with Gasteiger partial charge in [-0.05, 0) is 26.0 Å². The number of hydrogen-bond donors (Lipinski definition) is 2. The number of nitrogens with zero attached hydrogens (tertiary/aromatic N) is 1. The summed E-state index contributed by atoms with van der Waals surface area (Å²) in [5, 5.41) is 0.244. The number of hydrogen-bond acceptors (Lipinski definition) is 4. The Balaban J connectivity index is 2.50. The Labute approximate surface area is 125 Å². The van der Waals surface area contributed by atoms with Crippen LogP contribution in [0.5, 0.6) is 0 Å². The Morgan fingerprint density at radius 3 is 2.57 bits per heavy atom. The number of carbonyl (C=O) groups excluding carboxylic acids is 2. The van der Waals surface area contributed by atoms with Crippen molar-refractivity contribution < 1.29 is 14.0 Å². The summed E-state index contributed by atoms with van der Waals surface area (Å²) in [5.41, 5.74) is 11.2. The van der Waals surface area contributed by atoms with E-state index in [0.717, 1.165) is 11.3 Å². The summed E-state index contributed by atoms with van der Waals surface area (Å²) in [6, 6.07) is 4.33. The van der Waals surface area contributed by atoms with Gasteiger partial charge in [-0.3, -0.25) is 9.59 Å². The molecule has 0 aliphatic rings. The fourth-order valence-corrected chi connectivity index (χ4v) is 3.17. The molecule has 21 heavy (non-hydrogen) atoms. The molecule has 0 saturated heterocycles. The molecule has 1 heterocycles. The predicted octanol–water partition coefficient (Wildman–Crippen LogP) is 1.96. The lowest BCUT2D eigenvalue weighted by Crippen LogP contribution is -2.42. The maximum Gasteiger partial charge on any atom is 0.266 e. The average Bonchev–Trinajstić information content (AvgIpc) is 2.73. The first-order valence-corrected chi connectivity index (χ1v) is 7.20. The van der Waals surface area contributed by atoms with Gasteiger partial charge in [0.25, 0.3) is 5.91 Å². The Hall–Kier alpha value is -2.15. The van der Waals surface area contributed by atoms with Crippen molar-refractivity contribution in [3.8, 4) is 0 Å². The monoisotopic (exact) mass is 309 g/mol. The Kier molecular flexibility index (Phi) is 4.13. The molecule has 0 spiro atoms. The number of nitrogen functional groups attached to an aromatic ring is 1. The number of halogens is 1. The predicted molar refractivity (Wildman–Crippen MR) is 81.6 cm³/mol. The molecule has 112 valence electrons. The van der Waals surface area contributed by atoms with E-state index in [1.165, 1.54) is 11.0 Å². The molecule has 4 N–H and O–H groups in total. The maximum atomic E-state index is 13.8. The second kappa shape index (κ2) is 5.69. The molecule has 0 fully saturated rings. The van der Waals surface area contributed by atoms with Crippen LogP contribution in [0, 0.1) is 5.82 Å². The van der Waals surface area contributed by atoms with Crippen molar-refractivity contribution in [2.24, 2.45) is 5.73 Å². The van der Waals surface area contributed by atoms with Gasteiger partial charge in [-0.1, -0.05) is 6.07 Å². The zero-order valence-electron chi connectivity index (χ0n) is 11.7. The highest BCUT2D eigenvalue weighted by molar-refractivity contribution is 7.21. The van der Waals surface area contributed by atoms with Crippen molar-refractivity contribution in [3.05, 3.63) is 28.9 Å². The third kappa shape index (κ3) is 2.82. The van der Waals surface area contributed by atoms with Crippen molar-refractivity contribution in [1.29, 1.82) is 0 Å². The van der Waals surface area contributed by atoms with Gasteiger partial charge in [0, 0.05) is 10.7 Å². The second-order valence-corrected chi connectivity index (χ2v) is 6.00. The fourth-order valence-electron chi connectivity index (χ4n) is 2.08. The van der Waals surface area contributed by atoms with Crippen LogP contribution in [-0.2, 0) is 4.79 Å². The van der Waals surface area contributed by atoms with Gasteiger partial charge < -0.3 is 16.4 Å². The molecule has 2 aromatic rings. The first-order chi connectivity index (χ1) is 9.82. The quantitative estimate of drug-likeness (QED) is 0.904. The van der Waals surface area contributed by atoms with Crippen LogP contribution in [0.4, 0.5) is 10.1 Å². The minimum absolute atomic E-state index is 0.105. The molecule has 0 unspecified atom stereocenters. The molecule has 0 bridgehead atoms. The molecular formula is C14H16FN3O2S. The van der Waals surface area contributed by atoms with Crippen LogP contribution in [-0.4, -0.2) is 29.3 Å². The van der Waals surface area contributed by atoms with E-state index in [-0.39, 0.29) is 28.5 Å². The molecule has 7 heteroatoms. The third-order valence-corrected chi connectivity index (χ3v) is 4.26. The fraction of sp³-hybridized carbons (Fsp3) is 0.286. The van der Waals surface area contributed by atoms with E-state index in [0.29, 0.717) is 4.70 Å². The average molecular weight is 309 g/mol. The topological polar surface area (TPSA) is 89.4 Å². The second-order valence-electron chi connectivity index (χ2n) is 4.95. The molecule has 1 aromatic heterocycles. The zero-order valence-corrected chi connectivity index (χ0v) is 12.5. The van der Waals surface area contributed by atoms with Crippen LogP contribution in [0.15, 0.2) is 18.2 Å². The summed E-state index contributed by atoms with van der Waals surface area (Å²) in [6.45, 7) is 3.34. The van der Waals surface area contributed by atoms with E-state index in [1.807, 2.05) is 0 Å². The summed E-state index contributed by atoms with van der Waals surface area (Å²) in [6.07, 6.45) is 0. The molecule has 0 aliphatic carbocycles. The van der Waals surface area contributed by atoms with Gasteiger partial charge in [0.15, 0.2) is 0 Å². The third-order valence-electron chi connectivity index (χ3n) is 3.11. The number of rotatable bonds is 4. The number of anilines is 1. The summed E-state index contributed by atoms with van der Waals surface area (Å²) < 4.78 is 14.4. The van der Waals surface area contributed by atoms with Crippen molar-refractivity contribution >= 4 is 38.9 Å². The van der Waals surface area contributed by atoms with E-state index in [9.17, 15) is 14.0 Å². The van der Waals surface area contributed by atoms with Gasteiger partial charge >= 0.3 is 0 Å². The molecule has 5 nitrogen and oxygen atoms in total. The number of thiophene rings is 1. The number of amides is 2. The number of carbonyl (C=O) groups is 2. The SMILES string of the molecule is CC(C)N(CC(N)=O)C(=O)c1sc2cccc(F)c2c1N. The van der Waals surface area contributed by atoms with Crippen LogP contribution in [0.25, 0.3) is 10.1 Å². The van der Waals surface area contributed by atoms with Gasteiger partial charge in [-0.2, -0.15) is 0 Å². The minimum atomic E-state index is -0.608. The van der Waals surface area contributed by atoms with Gasteiger partial charge in [0.1, 0.15) is 10.7 Å². The number of benzene rings is 1. The maximum absolute atomic E-state index is 13.8. The molecule has 2 rings (SSSR count). The Morgan fingerprint density at radius 2 is 2.05 bits per heavy atom. The van der Waals surface area contributed by atoms with Gasteiger partial charge in [-0.25, -0.2) is 4.39 Å². The van der Waals surface area contributed by atoms with Crippen molar-refractivity contribution in [2.45, 2.75) is 19.9 Å². The molecule has 0 radical (unpaired) electrons. The van der Waals surface area contributed by atoms with Crippen molar-refractivity contribution in [3.63, 3.8) is 0 Å². The standard InChI is InChI=1S/C14H16FN3O2S/c1-7(2)18(6-10(16)19)14(20)13-12(17)11-8(15)4-3-5-9(11)21-13/h3-5,7H,6,17H2,1-2H3,(H2,16,19). The molecule has 0 aliphatic heterocycles. The first kappa shape index (κ1) is 15.2. The highest BCUT2D eigenvalue weighted by atomic mass is 32.1. The smallest absolute Gasteiger partial charge is 0.266 e. The van der Waals surface area contributed by atoms with Crippen molar-refractivity contribution in [1.82, 2.24) is 4.90 Å². The summed E-state index contributed by atoms with van der Waals surface area (Å²) in [7, 11) is 0. The Morgan fingerprint density at radius 1 is 1.38 bits per heavy atom. The number of primary amides is 1. The van der Waals surface area contributed by atoms with Gasteiger partial charge in [-0.15, -0.1) is 11.3 Å². The van der Waals surface area contributed by atoms with Crippen LogP contribution in [0.2, 0.25) is 0 Å². The molecule has 0 saturated carbocycles. The largest absolute Gasteiger partial charge is 0.397 e. The number of fused-ring (bicyclic) bond motifs is 1. The molecule has 1 aromatic carbocycles. The Bertz CT molecular complexity index is 712. The van der Waals surface area contributed by atoms with E-state index in [4.69, 9.17) is 11.5 Å². The molecule has 0 atom stereocenters. The lowest BCUT2D eigenvalue weighted by molar-refractivity contribution is -0.119. The highest BCUT2D eigenvalue weighted by Crippen LogP contribution is 2.36. The van der Waals surface area contributed by atoms with E-state index in [2.05, 4.69) is 0 Å². The molecule has 2 amide bonds. The van der Waals surface area contributed by atoms with Gasteiger partial charge in [0.2, 0.25) is 5.91 Å². The molecular weight excluding hydrogens is 293 g/mol. The zero-order chi connectivity index (χ0) is 15.7. The summed E-state index contributed by atoms with van der Waals surface area (Å²) >= 11 is 1.11. The normalized spacial score (nSPS) is 11.0. The summed E-state index contributed by atoms with van der Waals surface area (Å²) in [5.74, 6) is -1.49. The van der Waals surface area contributed by atoms with E-state index < -0.39 is 17.6 Å². The number of nitrogens with two attached hydrogens (primary N) is 2. The van der Waals surface area contributed by atoms with E-state index in [1.54, 1.807) is 26.0 Å². The van der Waals surface area contributed by atoms with E-state index >= 15 is 0 Å². The van der Waals surface area contributed by atoms with Crippen LogP contribution in [0.1, 0.15) is 23.5 Å². The lowest BCUT2D eigenvalue weighted by Gasteiger charge is -2.24. The first-order valence-electron chi connectivity index (χ1n) is 6.38. The lowest BCUT2D eigenvalue weighted by atomic mass is 10.2.